The summed E-state index contributed by atoms with van der Waals surface area (Å²) in [4.78, 5) is 23.5. The summed E-state index contributed by atoms with van der Waals surface area (Å²) >= 11 is 5.92. The Bertz CT molecular complexity index is 1240. The maximum Gasteiger partial charge on any atom is 0.206 e. The standard InChI is InChI=1S/C24H22ClNO6S/c25-20-5-2-4-19(14-20)23(28)15-26(24(29)30)12-11-17-7-9-21(10-8-17)33(31,32)22-6-1-3-18(13-22)16-27/h1-10,13-14,16,23,28H,11-12,15H2,(H,29,30)/p-1/t23-/m0/s1. The molecule has 3 aromatic rings. The number of nitrogens with zero attached hydrogens (tertiary/aromatic N) is 1. The summed E-state index contributed by atoms with van der Waals surface area (Å²) in [6.45, 7) is -0.143. The molecular weight excluding hydrogens is 466 g/mol. The predicted molar refractivity (Wildman–Crippen MR) is 121 cm³/mol. The Hall–Kier alpha value is -3.20. The minimum atomic E-state index is -3.80. The number of halogens is 1. The molecule has 0 heterocycles. The smallest absolute Gasteiger partial charge is 0.206 e. The molecule has 0 aliphatic heterocycles. The van der Waals surface area contributed by atoms with E-state index in [2.05, 4.69) is 0 Å². The molecular formula is C24H21ClNO6S-. The Labute approximate surface area is 196 Å². The van der Waals surface area contributed by atoms with Crippen LogP contribution in [-0.2, 0) is 16.3 Å². The van der Waals surface area contributed by atoms with Crippen molar-refractivity contribution in [2.45, 2.75) is 22.3 Å². The third-order valence-corrected chi connectivity index (χ3v) is 7.10. The van der Waals surface area contributed by atoms with Crippen LogP contribution in [0.3, 0.4) is 0 Å². The summed E-state index contributed by atoms with van der Waals surface area (Å²) in [6, 6.07) is 18.3. The van der Waals surface area contributed by atoms with Gasteiger partial charge in [0.2, 0.25) is 9.84 Å². The second-order valence-electron chi connectivity index (χ2n) is 7.37. The number of amides is 1. The SMILES string of the molecule is O=Cc1cccc(S(=O)(=O)c2ccc(CCN(C[C@H](O)c3cccc(Cl)c3)C(=O)[O-])cc2)c1. The number of hydrogen-bond donors (Lipinski definition) is 1. The molecule has 1 atom stereocenters. The summed E-state index contributed by atoms with van der Waals surface area (Å²) in [7, 11) is -3.80. The molecule has 9 heteroatoms. The molecule has 3 aromatic carbocycles. The van der Waals surface area contributed by atoms with Crippen molar-refractivity contribution in [2.24, 2.45) is 0 Å². The molecule has 0 aromatic heterocycles. The Balaban J connectivity index is 1.68. The number of carbonyl (C=O) groups excluding carboxylic acids is 2. The topological polar surface area (TPSA) is 115 Å². The molecule has 0 bridgehead atoms. The highest BCUT2D eigenvalue weighted by Gasteiger charge is 2.18. The number of aldehydes is 1. The fraction of sp³-hybridized carbons (Fsp3) is 0.167. The van der Waals surface area contributed by atoms with E-state index in [1.165, 1.54) is 36.4 Å². The minimum Gasteiger partial charge on any atom is -0.530 e. The van der Waals surface area contributed by atoms with Crippen molar-refractivity contribution in [2.75, 3.05) is 13.1 Å². The van der Waals surface area contributed by atoms with Crippen molar-refractivity contribution < 1.29 is 28.2 Å². The molecule has 0 saturated carbocycles. The van der Waals surface area contributed by atoms with E-state index in [4.69, 9.17) is 11.6 Å². The summed E-state index contributed by atoms with van der Waals surface area (Å²) in [6.07, 6.45) is -1.63. The molecule has 0 spiro atoms. The van der Waals surface area contributed by atoms with Crippen molar-refractivity contribution in [1.29, 1.82) is 0 Å². The number of rotatable bonds is 9. The third kappa shape index (κ3) is 6.19. The zero-order valence-electron chi connectivity index (χ0n) is 17.4. The van der Waals surface area contributed by atoms with E-state index in [9.17, 15) is 28.2 Å². The first kappa shape index (κ1) is 24.4. The van der Waals surface area contributed by atoms with Crippen LogP contribution < -0.4 is 5.11 Å². The van der Waals surface area contributed by atoms with Crippen molar-refractivity contribution in [3.05, 3.63) is 94.5 Å². The first-order chi connectivity index (χ1) is 15.7. The van der Waals surface area contributed by atoms with Gasteiger partial charge in [-0.1, -0.05) is 48.0 Å². The monoisotopic (exact) mass is 486 g/mol. The highest BCUT2D eigenvalue weighted by molar-refractivity contribution is 7.91. The molecule has 1 amide bonds. The number of hydrogen-bond acceptors (Lipinski definition) is 6. The third-order valence-electron chi connectivity index (χ3n) is 5.09. The van der Waals surface area contributed by atoms with E-state index >= 15 is 0 Å². The number of sulfone groups is 1. The minimum absolute atomic E-state index is 0.0120. The summed E-state index contributed by atoms with van der Waals surface area (Å²) in [5.41, 5.74) is 1.45. The Morgan fingerprint density at radius 1 is 1.03 bits per heavy atom. The van der Waals surface area contributed by atoms with E-state index in [0.717, 1.165) is 4.90 Å². The lowest BCUT2D eigenvalue weighted by atomic mass is 10.1. The van der Waals surface area contributed by atoms with Gasteiger partial charge in [-0.25, -0.2) is 8.42 Å². The molecule has 33 heavy (non-hydrogen) atoms. The van der Waals surface area contributed by atoms with Crippen LogP contribution in [0.5, 0.6) is 0 Å². The second kappa shape index (κ2) is 10.6. The second-order valence-corrected chi connectivity index (χ2v) is 9.76. The maximum absolute atomic E-state index is 12.8. The van der Waals surface area contributed by atoms with Gasteiger partial charge in [0.15, 0.2) is 0 Å². The molecule has 3 rings (SSSR count). The van der Waals surface area contributed by atoms with Gasteiger partial charge < -0.3 is 19.9 Å². The van der Waals surface area contributed by atoms with Crippen LogP contribution >= 0.6 is 11.6 Å². The fourth-order valence-corrected chi connectivity index (χ4v) is 4.79. The van der Waals surface area contributed by atoms with Crippen LogP contribution in [0.25, 0.3) is 0 Å². The molecule has 0 saturated heterocycles. The molecule has 7 nitrogen and oxygen atoms in total. The van der Waals surface area contributed by atoms with Crippen LogP contribution in [-0.4, -0.2) is 43.9 Å². The van der Waals surface area contributed by atoms with Gasteiger partial charge >= 0.3 is 0 Å². The number of benzene rings is 3. The molecule has 0 aliphatic carbocycles. The molecule has 0 aliphatic rings. The normalized spacial score (nSPS) is 12.2. The lowest BCUT2D eigenvalue weighted by molar-refractivity contribution is -0.266. The quantitative estimate of drug-likeness (QED) is 0.465. The van der Waals surface area contributed by atoms with Gasteiger partial charge in [-0.15, -0.1) is 0 Å². The Kier molecular flexibility index (Phi) is 7.86. The van der Waals surface area contributed by atoms with Gasteiger partial charge in [-0.05, 0) is 53.9 Å². The van der Waals surface area contributed by atoms with E-state index in [0.29, 0.717) is 22.4 Å². The highest BCUT2D eigenvalue weighted by atomic mass is 35.5. The lowest BCUT2D eigenvalue weighted by Gasteiger charge is -2.27. The first-order valence-electron chi connectivity index (χ1n) is 9.99. The number of aliphatic hydroxyl groups excluding tert-OH is 1. The van der Waals surface area contributed by atoms with Crippen LogP contribution in [0.2, 0.25) is 5.02 Å². The van der Waals surface area contributed by atoms with Gasteiger partial charge in [0.1, 0.15) is 12.4 Å². The van der Waals surface area contributed by atoms with Crippen LogP contribution in [0.4, 0.5) is 4.79 Å². The molecule has 172 valence electrons. The largest absolute Gasteiger partial charge is 0.530 e. The molecule has 0 radical (unpaired) electrons. The first-order valence-corrected chi connectivity index (χ1v) is 11.9. The molecule has 0 unspecified atom stereocenters. The average Bonchev–Trinajstić information content (AvgIpc) is 2.81. The van der Waals surface area contributed by atoms with Crippen molar-refractivity contribution in [3.8, 4) is 0 Å². The number of aliphatic hydroxyl groups is 1. The van der Waals surface area contributed by atoms with Gasteiger partial charge in [0.05, 0.1) is 15.9 Å². The van der Waals surface area contributed by atoms with E-state index < -0.39 is 22.0 Å². The van der Waals surface area contributed by atoms with Crippen molar-refractivity contribution in [3.63, 3.8) is 0 Å². The van der Waals surface area contributed by atoms with Crippen LogP contribution in [0, 0.1) is 0 Å². The van der Waals surface area contributed by atoms with Gasteiger partial charge in [-0.3, -0.25) is 4.79 Å². The average molecular weight is 487 g/mol. The van der Waals surface area contributed by atoms with Crippen molar-refractivity contribution in [1.82, 2.24) is 4.90 Å². The van der Waals surface area contributed by atoms with Gasteiger partial charge in [0, 0.05) is 23.7 Å². The van der Waals surface area contributed by atoms with Gasteiger partial charge in [0.25, 0.3) is 0 Å². The van der Waals surface area contributed by atoms with Gasteiger partial charge in [-0.2, -0.15) is 0 Å². The van der Waals surface area contributed by atoms with E-state index in [1.807, 2.05) is 0 Å². The Morgan fingerprint density at radius 3 is 2.36 bits per heavy atom. The zero-order valence-corrected chi connectivity index (χ0v) is 19.0. The maximum atomic E-state index is 12.8. The summed E-state index contributed by atoms with van der Waals surface area (Å²) in [5, 5.41) is 22.3. The van der Waals surface area contributed by atoms with E-state index in [-0.39, 0.29) is 34.9 Å². The van der Waals surface area contributed by atoms with Crippen LogP contribution in [0.1, 0.15) is 27.6 Å². The molecule has 0 fully saturated rings. The zero-order chi connectivity index (χ0) is 24.0. The van der Waals surface area contributed by atoms with Crippen molar-refractivity contribution >= 4 is 33.8 Å². The van der Waals surface area contributed by atoms with Crippen LogP contribution in [0.15, 0.2) is 82.6 Å². The molecule has 1 N–H and O–H groups in total. The predicted octanol–water partition coefficient (Wildman–Crippen LogP) is 2.91. The fourth-order valence-electron chi connectivity index (χ4n) is 3.28. The summed E-state index contributed by atoms with van der Waals surface area (Å²) < 4.78 is 25.6. The highest BCUT2D eigenvalue weighted by Crippen LogP contribution is 2.22. The Morgan fingerprint density at radius 2 is 1.73 bits per heavy atom. The van der Waals surface area contributed by atoms with E-state index in [1.54, 1.807) is 36.4 Å². The number of carbonyl (C=O) groups is 2. The summed E-state index contributed by atoms with van der Waals surface area (Å²) in [5.74, 6) is 0. The number of carboxylic acid groups (broad SMARTS) is 1. The lowest BCUT2D eigenvalue weighted by Crippen LogP contribution is -2.44.